The number of halogens is 1. The molecule has 1 fully saturated rings. The SMILES string of the molecule is O=C(COc1cc[nH]c(=O)n1)NC1(c2ccc(F)cc2)CC1. The fourth-order valence-corrected chi connectivity index (χ4v) is 2.26. The predicted molar refractivity (Wildman–Crippen MR) is 75.8 cm³/mol. The van der Waals surface area contributed by atoms with E-state index in [2.05, 4.69) is 15.3 Å². The van der Waals surface area contributed by atoms with Gasteiger partial charge in [-0.05, 0) is 30.5 Å². The summed E-state index contributed by atoms with van der Waals surface area (Å²) in [5.41, 5.74) is -0.102. The third kappa shape index (κ3) is 3.13. The molecule has 3 rings (SSSR count). The van der Waals surface area contributed by atoms with Gasteiger partial charge in [-0.15, -0.1) is 0 Å². The van der Waals surface area contributed by atoms with Crippen LogP contribution in [0.4, 0.5) is 4.39 Å². The van der Waals surface area contributed by atoms with Gasteiger partial charge < -0.3 is 15.0 Å². The first-order chi connectivity index (χ1) is 10.6. The number of benzene rings is 1. The first-order valence-corrected chi connectivity index (χ1v) is 6.83. The minimum atomic E-state index is -0.539. The van der Waals surface area contributed by atoms with Crippen molar-refractivity contribution in [2.24, 2.45) is 0 Å². The van der Waals surface area contributed by atoms with Crippen LogP contribution in [0.5, 0.6) is 5.88 Å². The number of amides is 1. The summed E-state index contributed by atoms with van der Waals surface area (Å²) in [7, 11) is 0. The molecule has 2 N–H and O–H groups in total. The maximum atomic E-state index is 13.0. The second kappa shape index (κ2) is 5.59. The lowest BCUT2D eigenvalue weighted by molar-refractivity contribution is -0.124. The number of carbonyl (C=O) groups excluding carboxylic acids is 1. The van der Waals surface area contributed by atoms with E-state index in [4.69, 9.17) is 4.74 Å². The van der Waals surface area contributed by atoms with Crippen LogP contribution in [0.25, 0.3) is 0 Å². The fraction of sp³-hybridized carbons (Fsp3) is 0.267. The van der Waals surface area contributed by atoms with E-state index >= 15 is 0 Å². The molecule has 22 heavy (non-hydrogen) atoms. The molecule has 1 saturated carbocycles. The highest BCUT2D eigenvalue weighted by Gasteiger charge is 2.45. The molecule has 2 aromatic rings. The number of aromatic nitrogens is 2. The molecule has 0 bridgehead atoms. The Morgan fingerprint density at radius 3 is 2.68 bits per heavy atom. The minimum absolute atomic E-state index is 0.0885. The van der Waals surface area contributed by atoms with Crippen molar-refractivity contribution in [2.75, 3.05) is 6.61 Å². The molecule has 1 aromatic carbocycles. The summed E-state index contributed by atoms with van der Waals surface area (Å²) in [5, 5.41) is 2.89. The van der Waals surface area contributed by atoms with E-state index in [1.54, 1.807) is 12.1 Å². The van der Waals surface area contributed by atoms with Gasteiger partial charge in [0.15, 0.2) is 6.61 Å². The van der Waals surface area contributed by atoms with Crippen LogP contribution in [0.3, 0.4) is 0 Å². The summed E-state index contributed by atoms with van der Waals surface area (Å²) in [5.74, 6) is -0.538. The Bertz CT molecular complexity index is 738. The molecule has 1 aliphatic rings. The second-order valence-corrected chi connectivity index (χ2v) is 5.16. The Morgan fingerprint density at radius 1 is 1.32 bits per heavy atom. The molecule has 1 heterocycles. The molecule has 0 unspecified atom stereocenters. The van der Waals surface area contributed by atoms with E-state index in [1.807, 2.05) is 0 Å². The van der Waals surface area contributed by atoms with Crippen molar-refractivity contribution in [1.82, 2.24) is 15.3 Å². The largest absolute Gasteiger partial charge is 0.467 e. The van der Waals surface area contributed by atoms with E-state index in [1.165, 1.54) is 24.4 Å². The zero-order valence-corrected chi connectivity index (χ0v) is 11.6. The normalized spacial score (nSPS) is 15.1. The number of carbonyl (C=O) groups is 1. The third-order valence-electron chi connectivity index (χ3n) is 3.52. The van der Waals surface area contributed by atoms with E-state index in [-0.39, 0.29) is 24.2 Å². The van der Waals surface area contributed by atoms with Gasteiger partial charge in [0.25, 0.3) is 5.91 Å². The minimum Gasteiger partial charge on any atom is -0.467 e. The monoisotopic (exact) mass is 303 g/mol. The van der Waals surface area contributed by atoms with Gasteiger partial charge in [-0.1, -0.05) is 12.1 Å². The quantitative estimate of drug-likeness (QED) is 0.866. The number of rotatable bonds is 5. The average molecular weight is 303 g/mol. The summed E-state index contributed by atoms with van der Waals surface area (Å²) in [4.78, 5) is 28.9. The number of H-pyrrole nitrogens is 1. The zero-order chi connectivity index (χ0) is 15.6. The topological polar surface area (TPSA) is 84.1 Å². The number of aromatic amines is 1. The molecule has 0 saturated heterocycles. The van der Waals surface area contributed by atoms with Crippen molar-refractivity contribution in [2.45, 2.75) is 18.4 Å². The molecule has 1 aromatic heterocycles. The van der Waals surface area contributed by atoms with Gasteiger partial charge in [0.1, 0.15) is 5.82 Å². The molecule has 0 atom stereocenters. The number of ether oxygens (including phenoxy) is 1. The Kier molecular flexibility index (Phi) is 3.62. The van der Waals surface area contributed by atoms with Crippen LogP contribution in [-0.2, 0) is 10.3 Å². The van der Waals surface area contributed by atoms with Crippen LogP contribution in [0.2, 0.25) is 0 Å². The lowest BCUT2D eigenvalue weighted by Gasteiger charge is -2.18. The zero-order valence-electron chi connectivity index (χ0n) is 11.6. The second-order valence-electron chi connectivity index (χ2n) is 5.16. The van der Waals surface area contributed by atoms with Gasteiger partial charge in [0, 0.05) is 12.3 Å². The van der Waals surface area contributed by atoms with Crippen LogP contribution in [0.15, 0.2) is 41.3 Å². The van der Waals surface area contributed by atoms with Gasteiger partial charge in [0.2, 0.25) is 5.88 Å². The standard InChI is InChI=1S/C15H14FN3O3/c16-11-3-1-10(2-4-11)15(6-7-15)19-12(20)9-22-13-5-8-17-14(21)18-13/h1-5,8H,6-7,9H2,(H,19,20)(H,17,18,21). The van der Waals surface area contributed by atoms with E-state index < -0.39 is 11.2 Å². The maximum Gasteiger partial charge on any atom is 0.348 e. The number of nitrogens with one attached hydrogen (secondary N) is 2. The lowest BCUT2D eigenvalue weighted by atomic mass is 10.1. The van der Waals surface area contributed by atoms with E-state index in [9.17, 15) is 14.0 Å². The van der Waals surface area contributed by atoms with Gasteiger partial charge in [-0.2, -0.15) is 4.98 Å². The fourth-order valence-electron chi connectivity index (χ4n) is 2.26. The molecule has 0 aliphatic heterocycles. The highest BCUT2D eigenvalue weighted by atomic mass is 19.1. The first kappa shape index (κ1) is 14.2. The first-order valence-electron chi connectivity index (χ1n) is 6.83. The van der Waals surface area contributed by atoms with Crippen LogP contribution < -0.4 is 15.7 Å². The maximum absolute atomic E-state index is 13.0. The van der Waals surface area contributed by atoms with Crippen LogP contribution >= 0.6 is 0 Å². The van der Waals surface area contributed by atoms with Crippen molar-refractivity contribution < 1.29 is 13.9 Å². The Morgan fingerprint density at radius 2 is 2.05 bits per heavy atom. The summed E-state index contributed by atoms with van der Waals surface area (Å²) in [6.07, 6.45) is 2.99. The number of hydrogen-bond donors (Lipinski definition) is 2. The van der Waals surface area contributed by atoms with E-state index in [0.29, 0.717) is 0 Å². The summed E-state index contributed by atoms with van der Waals surface area (Å²) >= 11 is 0. The predicted octanol–water partition coefficient (Wildman–Crippen LogP) is 1.09. The van der Waals surface area contributed by atoms with Gasteiger partial charge in [-0.25, -0.2) is 9.18 Å². The smallest absolute Gasteiger partial charge is 0.348 e. The van der Waals surface area contributed by atoms with Crippen LogP contribution in [-0.4, -0.2) is 22.5 Å². The Hall–Kier alpha value is -2.70. The summed E-state index contributed by atoms with van der Waals surface area (Å²) in [6, 6.07) is 7.54. The molecule has 114 valence electrons. The molecule has 1 amide bonds. The van der Waals surface area contributed by atoms with Crippen molar-refractivity contribution >= 4 is 5.91 Å². The highest BCUT2D eigenvalue weighted by Crippen LogP contribution is 2.45. The van der Waals surface area contributed by atoms with Gasteiger partial charge in [-0.3, -0.25) is 4.79 Å². The molecule has 0 radical (unpaired) electrons. The van der Waals surface area contributed by atoms with Crippen LogP contribution in [0, 0.1) is 5.82 Å². The molecule has 6 nitrogen and oxygen atoms in total. The lowest BCUT2D eigenvalue weighted by Crippen LogP contribution is -2.38. The molecule has 0 spiro atoms. The van der Waals surface area contributed by atoms with Gasteiger partial charge in [0.05, 0.1) is 5.54 Å². The Balaban J connectivity index is 1.60. The number of nitrogens with zero attached hydrogens (tertiary/aromatic N) is 1. The number of hydrogen-bond acceptors (Lipinski definition) is 4. The third-order valence-corrected chi connectivity index (χ3v) is 3.52. The van der Waals surface area contributed by atoms with Gasteiger partial charge >= 0.3 is 5.69 Å². The summed E-state index contributed by atoms with van der Waals surface area (Å²) < 4.78 is 18.1. The van der Waals surface area contributed by atoms with Crippen molar-refractivity contribution in [1.29, 1.82) is 0 Å². The van der Waals surface area contributed by atoms with E-state index in [0.717, 1.165) is 18.4 Å². The molecular weight excluding hydrogens is 289 g/mol. The van der Waals surface area contributed by atoms with Crippen molar-refractivity contribution in [3.63, 3.8) is 0 Å². The molecule has 1 aliphatic carbocycles. The summed E-state index contributed by atoms with van der Waals surface area (Å²) in [6.45, 7) is -0.237. The Labute approximate surface area is 125 Å². The molecule has 7 heteroatoms. The highest BCUT2D eigenvalue weighted by molar-refractivity contribution is 5.79. The van der Waals surface area contributed by atoms with Crippen LogP contribution in [0.1, 0.15) is 18.4 Å². The van der Waals surface area contributed by atoms with Crippen molar-refractivity contribution in [3.8, 4) is 5.88 Å². The van der Waals surface area contributed by atoms with Crippen molar-refractivity contribution in [3.05, 3.63) is 58.4 Å². The average Bonchev–Trinajstić information content (AvgIpc) is 3.27. The molecular formula is C15H14FN3O3.